The molecule has 0 bridgehead atoms. The monoisotopic (exact) mass is 305 g/mol. The Morgan fingerprint density at radius 1 is 1.23 bits per heavy atom. The van der Waals surface area contributed by atoms with Gasteiger partial charge in [0.05, 0.1) is 11.9 Å². The van der Waals surface area contributed by atoms with Crippen LogP contribution < -0.4 is 10.6 Å². The molecule has 1 heterocycles. The summed E-state index contributed by atoms with van der Waals surface area (Å²) < 4.78 is 5.20. The van der Waals surface area contributed by atoms with Gasteiger partial charge < -0.3 is 10.1 Å². The van der Waals surface area contributed by atoms with Crippen LogP contribution in [0.2, 0.25) is 0 Å². The van der Waals surface area contributed by atoms with Gasteiger partial charge in [0, 0.05) is 6.04 Å². The predicted molar refractivity (Wildman–Crippen MR) is 89.1 cm³/mol. The summed E-state index contributed by atoms with van der Waals surface area (Å²) in [4.78, 5) is 15.9. The summed E-state index contributed by atoms with van der Waals surface area (Å²) in [7, 11) is 0. The number of pyridine rings is 1. The molecule has 1 aromatic rings. The minimum Gasteiger partial charge on any atom is -0.444 e. The smallest absolute Gasteiger partial charge is 0.413 e. The fourth-order valence-electron chi connectivity index (χ4n) is 2.60. The molecule has 5 heteroatoms. The molecular formula is C17H27N3O2. The van der Waals surface area contributed by atoms with E-state index in [9.17, 15) is 4.79 Å². The van der Waals surface area contributed by atoms with Crippen LogP contribution >= 0.6 is 0 Å². The van der Waals surface area contributed by atoms with Crippen LogP contribution in [0.4, 0.5) is 16.3 Å². The Hall–Kier alpha value is -1.78. The number of carbonyl (C=O) groups is 1. The summed E-state index contributed by atoms with van der Waals surface area (Å²) in [6.07, 6.45) is 6.25. The molecule has 0 radical (unpaired) electrons. The van der Waals surface area contributed by atoms with Gasteiger partial charge in [0.25, 0.3) is 0 Å². The van der Waals surface area contributed by atoms with Gasteiger partial charge in [-0.25, -0.2) is 9.78 Å². The molecule has 1 saturated carbocycles. The van der Waals surface area contributed by atoms with E-state index in [1.807, 2.05) is 26.8 Å². The van der Waals surface area contributed by atoms with Crippen LogP contribution in [0.25, 0.3) is 0 Å². The van der Waals surface area contributed by atoms with Crippen LogP contribution in [-0.2, 0) is 4.74 Å². The Morgan fingerprint density at radius 2 is 1.91 bits per heavy atom. The molecule has 0 aromatic carbocycles. The maximum absolute atomic E-state index is 11.7. The molecule has 0 aliphatic heterocycles. The first kappa shape index (κ1) is 16.6. The van der Waals surface area contributed by atoms with Crippen molar-refractivity contribution in [1.82, 2.24) is 4.98 Å². The van der Waals surface area contributed by atoms with Gasteiger partial charge in [0.15, 0.2) is 0 Å². The number of carbonyl (C=O) groups excluding carboxylic acids is 1. The van der Waals surface area contributed by atoms with Gasteiger partial charge in [0.2, 0.25) is 0 Å². The van der Waals surface area contributed by atoms with Gasteiger partial charge in [-0.1, -0.05) is 6.92 Å². The Bertz CT molecular complexity index is 486. The maximum atomic E-state index is 11.7. The Labute approximate surface area is 132 Å². The van der Waals surface area contributed by atoms with E-state index in [0.717, 1.165) is 11.6 Å². The SMILES string of the molecule is CC1CCC(Nc2ccc(NC(=O)OC(C)(C)C)nc2)CC1. The van der Waals surface area contributed by atoms with E-state index in [1.54, 1.807) is 12.3 Å². The number of ether oxygens (including phenoxy) is 1. The van der Waals surface area contributed by atoms with Crippen molar-refractivity contribution in [2.75, 3.05) is 10.6 Å². The number of rotatable bonds is 3. The Kier molecular flexibility index (Phi) is 5.27. The van der Waals surface area contributed by atoms with Crippen LogP contribution in [0.1, 0.15) is 53.4 Å². The normalized spacial score (nSPS) is 22.0. The lowest BCUT2D eigenvalue weighted by molar-refractivity contribution is 0.0635. The van der Waals surface area contributed by atoms with Crippen LogP contribution in [-0.4, -0.2) is 22.7 Å². The molecule has 2 rings (SSSR count). The quantitative estimate of drug-likeness (QED) is 0.867. The molecule has 1 aliphatic rings. The molecule has 0 spiro atoms. The largest absolute Gasteiger partial charge is 0.444 e. The van der Waals surface area contributed by atoms with Gasteiger partial charge in [-0.15, -0.1) is 0 Å². The zero-order chi connectivity index (χ0) is 16.2. The van der Waals surface area contributed by atoms with Crippen molar-refractivity contribution in [1.29, 1.82) is 0 Å². The first-order valence-electron chi connectivity index (χ1n) is 8.04. The first-order valence-corrected chi connectivity index (χ1v) is 8.04. The van der Waals surface area contributed by atoms with E-state index < -0.39 is 11.7 Å². The first-order chi connectivity index (χ1) is 10.3. The van der Waals surface area contributed by atoms with Crippen molar-refractivity contribution in [2.45, 2.75) is 65.0 Å². The van der Waals surface area contributed by atoms with Gasteiger partial charge in [-0.05, 0) is 64.5 Å². The van der Waals surface area contributed by atoms with Crippen LogP contribution in [0.15, 0.2) is 18.3 Å². The van der Waals surface area contributed by atoms with E-state index in [4.69, 9.17) is 4.74 Å². The third-order valence-electron chi connectivity index (χ3n) is 3.78. The van der Waals surface area contributed by atoms with Crippen LogP contribution in [0.5, 0.6) is 0 Å². The lowest BCUT2D eigenvalue weighted by Crippen LogP contribution is -2.27. The second-order valence-electron chi connectivity index (χ2n) is 7.16. The highest BCUT2D eigenvalue weighted by Gasteiger charge is 2.18. The average Bonchev–Trinajstić information content (AvgIpc) is 2.41. The fraction of sp³-hybridized carbons (Fsp3) is 0.647. The maximum Gasteiger partial charge on any atom is 0.413 e. The number of aromatic nitrogens is 1. The van der Waals surface area contributed by atoms with Crippen molar-refractivity contribution in [3.8, 4) is 0 Å². The predicted octanol–water partition coefficient (Wildman–Crippen LogP) is 4.42. The highest BCUT2D eigenvalue weighted by atomic mass is 16.6. The molecule has 0 unspecified atom stereocenters. The van der Waals surface area contributed by atoms with Crippen molar-refractivity contribution < 1.29 is 9.53 Å². The summed E-state index contributed by atoms with van der Waals surface area (Å²) in [6.45, 7) is 7.81. The fourth-order valence-corrected chi connectivity index (χ4v) is 2.60. The number of nitrogens with one attached hydrogen (secondary N) is 2. The van der Waals surface area contributed by atoms with Crippen molar-refractivity contribution in [3.63, 3.8) is 0 Å². The lowest BCUT2D eigenvalue weighted by Gasteiger charge is -2.27. The summed E-state index contributed by atoms with van der Waals surface area (Å²) in [5, 5.41) is 6.15. The zero-order valence-corrected chi connectivity index (χ0v) is 14.0. The molecule has 122 valence electrons. The lowest BCUT2D eigenvalue weighted by atomic mass is 9.87. The molecular weight excluding hydrogens is 278 g/mol. The second kappa shape index (κ2) is 6.99. The average molecular weight is 305 g/mol. The third-order valence-corrected chi connectivity index (χ3v) is 3.78. The van der Waals surface area contributed by atoms with E-state index in [0.29, 0.717) is 11.9 Å². The van der Waals surface area contributed by atoms with Gasteiger partial charge >= 0.3 is 6.09 Å². The van der Waals surface area contributed by atoms with Crippen molar-refractivity contribution >= 4 is 17.6 Å². The Balaban J connectivity index is 1.84. The van der Waals surface area contributed by atoms with E-state index in [-0.39, 0.29) is 0 Å². The molecule has 22 heavy (non-hydrogen) atoms. The van der Waals surface area contributed by atoms with Crippen LogP contribution in [0.3, 0.4) is 0 Å². The highest BCUT2D eigenvalue weighted by Crippen LogP contribution is 2.26. The third kappa shape index (κ3) is 5.54. The molecule has 2 N–H and O–H groups in total. The number of hydrogen-bond acceptors (Lipinski definition) is 4. The van der Waals surface area contributed by atoms with Gasteiger partial charge in [-0.3, -0.25) is 5.32 Å². The Morgan fingerprint density at radius 3 is 2.45 bits per heavy atom. The number of anilines is 2. The summed E-state index contributed by atoms with van der Waals surface area (Å²) in [5.74, 6) is 1.34. The minimum absolute atomic E-state index is 0.484. The zero-order valence-electron chi connectivity index (χ0n) is 14.0. The van der Waals surface area contributed by atoms with Gasteiger partial charge in [0.1, 0.15) is 11.4 Å². The van der Waals surface area contributed by atoms with Crippen molar-refractivity contribution in [2.24, 2.45) is 5.92 Å². The standard InChI is InChI=1S/C17H27N3O2/c1-12-5-7-13(8-6-12)19-14-9-10-15(18-11-14)20-16(21)22-17(2,3)4/h9-13,19H,5-8H2,1-4H3,(H,18,20,21). The summed E-state index contributed by atoms with van der Waals surface area (Å²) >= 11 is 0. The molecule has 5 nitrogen and oxygen atoms in total. The second-order valence-corrected chi connectivity index (χ2v) is 7.16. The molecule has 1 aliphatic carbocycles. The van der Waals surface area contributed by atoms with E-state index in [2.05, 4.69) is 22.5 Å². The molecule has 1 fully saturated rings. The van der Waals surface area contributed by atoms with E-state index >= 15 is 0 Å². The number of hydrogen-bond donors (Lipinski definition) is 2. The van der Waals surface area contributed by atoms with Crippen LogP contribution in [0, 0.1) is 5.92 Å². The molecule has 0 saturated heterocycles. The topological polar surface area (TPSA) is 63.2 Å². The van der Waals surface area contributed by atoms with Gasteiger partial charge in [-0.2, -0.15) is 0 Å². The number of amides is 1. The summed E-state index contributed by atoms with van der Waals surface area (Å²) in [6, 6.07) is 4.26. The molecule has 0 atom stereocenters. The number of nitrogens with zero attached hydrogens (tertiary/aromatic N) is 1. The minimum atomic E-state index is -0.510. The molecule has 1 aromatic heterocycles. The molecule has 1 amide bonds. The summed E-state index contributed by atoms with van der Waals surface area (Å²) in [5.41, 5.74) is 0.484. The van der Waals surface area contributed by atoms with E-state index in [1.165, 1.54) is 25.7 Å². The van der Waals surface area contributed by atoms with Crippen molar-refractivity contribution in [3.05, 3.63) is 18.3 Å². The highest BCUT2D eigenvalue weighted by molar-refractivity contribution is 5.83.